The van der Waals surface area contributed by atoms with E-state index in [0.29, 0.717) is 49.2 Å². The maximum atomic E-state index is 12.8. The lowest BCUT2D eigenvalue weighted by Crippen LogP contribution is -2.47. The number of carbonyl (C=O) groups is 2. The van der Waals surface area contributed by atoms with E-state index in [1.54, 1.807) is 30.0 Å². The SMILES string of the molecule is CCn1c(CCC(=O)O[C@H](C)C(=O)N2C[C@@H](C)C[C@H](C)C2)nc2cc(S(=O)(=O)N(C)C)ccc21. The quantitative estimate of drug-likeness (QED) is 0.525. The average molecular weight is 493 g/mol. The minimum Gasteiger partial charge on any atom is -0.453 e. The molecule has 0 aliphatic carbocycles. The highest BCUT2D eigenvalue weighted by Gasteiger charge is 2.30. The second-order valence-corrected chi connectivity index (χ2v) is 11.7. The smallest absolute Gasteiger partial charge is 0.307 e. The summed E-state index contributed by atoms with van der Waals surface area (Å²) in [6.45, 7) is 9.86. The van der Waals surface area contributed by atoms with Gasteiger partial charge in [-0.25, -0.2) is 17.7 Å². The van der Waals surface area contributed by atoms with Crippen LogP contribution in [0.3, 0.4) is 0 Å². The Kier molecular flexibility index (Phi) is 8.02. The fourth-order valence-electron chi connectivity index (χ4n) is 4.69. The molecule has 0 saturated carbocycles. The molecule has 1 amide bonds. The molecule has 0 N–H and O–H groups in total. The monoisotopic (exact) mass is 492 g/mol. The average Bonchev–Trinajstić information content (AvgIpc) is 3.12. The van der Waals surface area contributed by atoms with Crippen molar-refractivity contribution in [1.29, 1.82) is 0 Å². The minimum atomic E-state index is -3.57. The number of esters is 1. The Hall–Kier alpha value is -2.46. The zero-order valence-electron chi connectivity index (χ0n) is 20.9. The fraction of sp³-hybridized carbons (Fsp3) is 0.625. The van der Waals surface area contributed by atoms with Crippen LogP contribution in [0.4, 0.5) is 0 Å². The predicted molar refractivity (Wildman–Crippen MR) is 130 cm³/mol. The summed E-state index contributed by atoms with van der Waals surface area (Å²) in [5, 5.41) is 0. The molecule has 0 bridgehead atoms. The third kappa shape index (κ3) is 5.60. The number of carbonyl (C=O) groups excluding carboxylic acids is 2. The van der Waals surface area contributed by atoms with Crippen molar-refractivity contribution in [3.8, 4) is 0 Å². The van der Waals surface area contributed by atoms with Crippen LogP contribution in [0.5, 0.6) is 0 Å². The third-order valence-electron chi connectivity index (χ3n) is 6.28. The number of amides is 1. The molecular weight excluding hydrogens is 456 g/mol. The van der Waals surface area contributed by atoms with Crippen molar-refractivity contribution in [1.82, 2.24) is 18.8 Å². The number of sulfonamides is 1. The van der Waals surface area contributed by atoms with E-state index in [4.69, 9.17) is 4.74 Å². The topological polar surface area (TPSA) is 102 Å². The van der Waals surface area contributed by atoms with Crippen molar-refractivity contribution in [3.63, 3.8) is 0 Å². The summed E-state index contributed by atoms with van der Waals surface area (Å²) in [6.07, 6.45) is 0.680. The lowest BCUT2D eigenvalue weighted by molar-refractivity contribution is -0.160. The molecule has 1 aliphatic rings. The number of hydrogen-bond acceptors (Lipinski definition) is 6. The second-order valence-electron chi connectivity index (χ2n) is 9.53. The van der Waals surface area contributed by atoms with Gasteiger partial charge in [-0.05, 0) is 50.3 Å². The number of likely N-dealkylation sites (tertiary alicyclic amines) is 1. The fourth-order valence-corrected chi connectivity index (χ4v) is 5.62. The van der Waals surface area contributed by atoms with E-state index < -0.39 is 22.1 Å². The molecule has 1 saturated heterocycles. The van der Waals surface area contributed by atoms with Gasteiger partial charge in [-0.3, -0.25) is 9.59 Å². The van der Waals surface area contributed by atoms with Crippen LogP contribution in [0.25, 0.3) is 11.0 Å². The largest absolute Gasteiger partial charge is 0.453 e. The summed E-state index contributed by atoms with van der Waals surface area (Å²) < 4.78 is 33.5. The molecule has 34 heavy (non-hydrogen) atoms. The maximum absolute atomic E-state index is 12.8. The molecule has 1 aromatic heterocycles. The first-order chi connectivity index (χ1) is 15.9. The van der Waals surface area contributed by atoms with Crippen LogP contribution < -0.4 is 0 Å². The van der Waals surface area contributed by atoms with Gasteiger partial charge in [0.1, 0.15) is 5.82 Å². The molecule has 9 nitrogen and oxygen atoms in total. The van der Waals surface area contributed by atoms with Crippen LogP contribution in [-0.4, -0.2) is 72.3 Å². The number of benzene rings is 1. The van der Waals surface area contributed by atoms with Gasteiger partial charge >= 0.3 is 5.97 Å². The Bertz CT molecular complexity index is 1150. The molecular formula is C24H36N4O5S. The number of imidazole rings is 1. The number of hydrogen-bond donors (Lipinski definition) is 0. The molecule has 1 aromatic carbocycles. The van der Waals surface area contributed by atoms with Gasteiger partial charge in [0.2, 0.25) is 10.0 Å². The summed E-state index contributed by atoms with van der Waals surface area (Å²) in [6, 6.07) is 4.87. The van der Waals surface area contributed by atoms with E-state index >= 15 is 0 Å². The van der Waals surface area contributed by atoms with Gasteiger partial charge in [-0.15, -0.1) is 0 Å². The molecule has 2 aromatic rings. The van der Waals surface area contributed by atoms with Crippen LogP contribution in [0.1, 0.15) is 46.4 Å². The van der Waals surface area contributed by atoms with Gasteiger partial charge in [0, 0.05) is 40.2 Å². The zero-order valence-corrected chi connectivity index (χ0v) is 21.8. The number of aromatic nitrogens is 2. The van der Waals surface area contributed by atoms with Gasteiger partial charge in [0.15, 0.2) is 6.10 Å². The Labute approximate surface area is 202 Å². The van der Waals surface area contributed by atoms with Crippen molar-refractivity contribution < 1.29 is 22.7 Å². The third-order valence-corrected chi connectivity index (χ3v) is 8.09. The van der Waals surface area contributed by atoms with Crippen LogP contribution >= 0.6 is 0 Å². The number of ether oxygens (including phenoxy) is 1. The summed E-state index contributed by atoms with van der Waals surface area (Å²) in [5.74, 6) is 0.940. The molecule has 10 heteroatoms. The lowest BCUT2D eigenvalue weighted by atomic mass is 9.91. The normalized spacial score (nSPS) is 20.0. The van der Waals surface area contributed by atoms with Crippen molar-refractivity contribution in [3.05, 3.63) is 24.0 Å². The first-order valence-corrected chi connectivity index (χ1v) is 13.3. The van der Waals surface area contributed by atoms with E-state index in [-0.39, 0.29) is 17.2 Å². The number of rotatable bonds is 8. The highest BCUT2D eigenvalue weighted by atomic mass is 32.2. The maximum Gasteiger partial charge on any atom is 0.307 e. The van der Waals surface area contributed by atoms with Crippen molar-refractivity contribution in [2.75, 3.05) is 27.2 Å². The number of piperidine rings is 1. The zero-order chi connectivity index (χ0) is 25.2. The van der Waals surface area contributed by atoms with Crippen LogP contribution in [0.2, 0.25) is 0 Å². The highest BCUT2D eigenvalue weighted by Crippen LogP contribution is 2.24. The first-order valence-electron chi connectivity index (χ1n) is 11.8. The van der Waals surface area contributed by atoms with E-state index in [0.717, 1.165) is 16.2 Å². The van der Waals surface area contributed by atoms with E-state index in [1.807, 2.05) is 11.5 Å². The van der Waals surface area contributed by atoms with Crippen molar-refractivity contribution in [2.24, 2.45) is 11.8 Å². The second kappa shape index (κ2) is 10.4. The number of nitrogens with zero attached hydrogens (tertiary/aromatic N) is 4. The summed E-state index contributed by atoms with van der Waals surface area (Å²) in [5.41, 5.74) is 1.37. The van der Waals surface area contributed by atoms with Gasteiger partial charge in [-0.1, -0.05) is 13.8 Å². The van der Waals surface area contributed by atoms with Crippen molar-refractivity contribution in [2.45, 2.75) is 64.5 Å². The molecule has 1 aliphatic heterocycles. The lowest BCUT2D eigenvalue weighted by Gasteiger charge is -2.36. The van der Waals surface area contributed by atoms with Crippen LogP contribution in [0, 0.1) is 11.8 Å². The minimum absolute atomic E-state index is 0.0800. The molecule has 3 atom stereocenters. The van der Waals surface area contributed by atoms with Crippen molar-refractivity contribution >= 4 is 32.9 Å². The summed E-state index contributed by atoms with van der Waals surface area (Å²) in [7, 11) is -0.597. The molecule has 0 spiro atoms. The van der Waals surface area contributed by atoms with Crippen LogP contribution in [0.15, 0.2) is 23.1 Å². The Balaban J connectivity index is 1.67. The molecule has 188 valence electrons. The summed E-state index contributed by atoms with van der Waals surface area (Å²) in [4.78, 5) is 31.8. The van der Waals surface area contributed by atoms with E-state index in [1.165, 1.54) is 14.1 Å². The van der Waals surface area contributed by atoms with Gasteiger partial charge < -0.3 is 14.2 Å². The standard InChI is InChI=1S/C24H36N4O5S/c1-7-28-21-9-8-19(34(31,32)26(5)6)13-20(21)25-22(28)10-11-23(29)33-18(4)24(30)27-14-16(2)12-17(3)15-27/h8-9,13,16-18H,7,10-12,14-15H2,1-6H3/t16-,17-,18+/m0/s1. The molecule has 1 fully saturated rings. The van der Waals surface area contributed by atoms with E-state index in [2.05, 4.69) is 18.8 Å². The Morgan fingerprint density at radius 2 is 1.85 bits per heavy atom. The van der Waals surface area contributed by atoms with Gasteiger partial charge in [-0.2, -0.15) is 0 Å². The molecule has 2 heterocycles. The van der Waals surface area contributed by atoms with Crippen LogP contribution in [-0.2, 0) is 37.3 Å². The van der Waals surface area contributed by atoms with Gasteiger partial charge in [0.05, 0.1) is 22.3 Å². The molecule has 3 rings (SSSR count). The Morgan fingerprint density at radius 1 is 1.21 bits per heavy atom. The summed E-state index contributed by atoms with van der Waals surface area (Å²) >= 11 is 0. The number of fused-ring (bicyclic) bond motifs is 1. The molecule has 0 radical (unpaired) electrons. The number of aryl methyl sites for hydroxylation is 2. The van der Waals surface area contributed by atoms with Gasteiger partial charge in [0.25, 0.3) is 5.91 Å². The first kappa shape index (κ1) is 26.2. The van der Waals surface area contributed by atoms with E-state index in [9.17, 15) is 18.0 Å². The predicted octanol–water partition coefficient (Wildman–Crippen LogP) is 2.68. The molecule has 0 unspecified atom stereocenters. The Morgan fingerprint density at radius 3 is 2.44 bits per heavy atom. The highest BCUT2D eigenvalue weighted by molar-refractivity contribution is 7.89.